The van der Waals surface area contributed by atoms with Crippen molar-refractivity contribution in [2.75, 3.05) is 25.1 Å². The van der Waals surface area contributed by atoms with Crippen LogP contribution in [0, 0.1) is 5.92 Å². The first-order valence-corrected chi connectivity index (χ1v) is 7.73. The van der Waals surface area contributed by atoms with Crippen molar-refractivity contribution in [2.24, 2.45) is 5.92 Å². The standard InChI is InChI=1S/C14H19ClN2OS/c1-10(2)6-8-18-9-7-16-14-17-12-5-3-4-11(15)13(12)19-14/h3-5,10H,6-9H2,1-2H3,(H,16,17). The lowest BCUT2D eigenvalue weighted by Gasteiger charge is -2.06. The molecule has 0 amide bonds. The van der Waals surface area contributed by atoms with Gasteiger partial charge in [-0.25, -0.2) is 4.98 Å². The van der Waals surface area contributed by atoms with Crippen molar-refractivity contribution < 1.29 is 4.74 Å². The third-order valence-electron chi connectivity index (χ3n) is 2.73. The molecule has 1 N–H and O–H groups in total. The smallest absolute Gasteiger partial charge is 0.183 e. The van der Waals surface area contributed by atoms with Gasteiger partial charge in [0.2, 0.25) is 0 Å². The fourth-order valence-electron chi connectivity index (χ4n) is 1.64. The second kappa shape index (κ2) is 7.08. The summed E-state index contributed by atoms with van der Waals surface area (Å²) in [5, 5.41) is 4.93. The second-order valence-electron chi connectivity index (χ2n) is 4.83. The van der Waals surface area contributed by atoms with Crippen molar-refractivity contribution in [1.29, 1.82) is 0 Å². The third-order valence-corrected chi connectivity index (χ3v) is 4.22. The molecule has 104 valence electrons. The van der Waals surface area contributed by atoms with Gasteiger partial charge < -0.3 is 10.1 Å². The Morgan fingerprint density at radius 2 is 2.21 bits per heavy atom. The average molecular weight is 299 g/mol. The van der Waals surface area contributed by atoms with E-state index in [4.69, 9.17) is 16.3 Å². The Hall–Kier alpha value is -0.840. The van der Waals surface area contributed by atoms with Gasteiger partial charge in [-0.05, 0) is 24.5 Å². The van der Waals surface area contributed by atoms with Gasteiger partial charge in [0, 0.05) is 13.2 Å². The van der Waals surface area contributed by atoms with E-state index >= 15 is 0 Å². The molecule has 0 saturated carbocycles. The van der Waals surface area contributed by atoms with Gasteiger partial charge >= 0.3 is 0 Å². The van der Waals surface area contributed by atoms with Crippen LogP contribution in [0.4, 0.5) is 5.13 Å². The van der Waals surface area contributed by atoms with Crippen LogP contribution in [0.1, 0.15) is 20.3 Å². The first-order valence-electron chi connectivity index (χ1n) is 6.53. The minimum absolute atomic E-state index is 0.694. The molecule has 0 aliphatic heterocycles. The van der Waals surface area contributed by atoms with Gasteiger partial charge in [0.25, 0.3) is 0 Å². The second-order valence-corrected chi connectivity index (χ2v) is 6.24. The maximum atomic E-state index is 6.12. The Bertz CT molecular complexity index is 527. The molecule has 2 rings (SSSR count). The molecule has 0 saturated heterocycles. The number of ether oxygens (including phenoxy) is 1. The van der Waals surface area contributed by atoms with E-state index in [1.54, 1.807) is 11.3 Å². The van der Waals surface area contributed by atoms with Gasteiger partial charge in [0.15, 0.2) is 5.13 Å². The van der Waals surface area contributed by atoms with Crippen LogP contribution < -0.4 is 5.32 Å². The molecule has 0 atom stereocenters. The van der Waals surface area contributed by atoms with Crippen LogP contribution in [-0.4, -0.2) is 24.7 Å². The molecule has 1 heterocycles. The number of aromatic nitrogens is 1. The maximum Gasteiger partial charge on any atom is 0.183 e. The van der Waals surface area contributed by atoms with Crippen molar-refractivity contribution in [3.8, 4) is 0 Å². The van der Waals surface area contributed by atoms with Crippen LogP contribution in [0.2, 0.25) is 5.02 Å². The third kappa shape index (κ3) is 4.34. The van der Waals surface area contributed by atoms with E-state index in [1.807, 2.05) is 18.2 Å². The van der Waals surface area contributed by atoms with Crippen molar-refractivity contribution >= 4 is 38.3 Å². The summed E-state index contributed by atoms with van der Waals surface area (Å²) in [5.74, 6) is 0.694. The zero-order valence-electron chi connectivity index (χ0n) is 11.3. The highest BCUT2D eigenvalue weighted by Crippen LogP contribution is 2.31. The van der Waals surface area contributed by atoms with Gasteiger partial charge in [-0.3, -0.25) is 0 Å². The Morgan fingerprint density at radius 1 is 1.37 bits per heavy atom. The van der Waals surface area contributed by atoms with Crippen LogP contribution >= 0.6 is 22.9 Å². The molecule has 5 heteroatoms. The van der Waals surface area contributed by atoms with Crippen molar-refractivity contribution in [3.63, 3.8) is 0 Å². The molecule has 1 aromatic carbocycles. The lowest BCUT2D eigenvalue weighted by molar-refractivity contribution is 0.132. The van der Waals surface area contributed by atoms with Crippen LogP contribution in [0.15, 0.2) is 18.2 Å². The normalized spacial score (nSPS) is 11.4. The van der Waals surface area contributed by atoms with E-state index < -0.39 is 0 Å². The quantitative estimate of drug-likeness (QED) is 0.768. The minimum Gasteiger partial charge on any atom is -0.380 e. The predicted molar refractivity (Wildman–Crippen MR) is 83.4 cm³/mol. The Labute approximate surface area is 122 Å². The maximum absolute atomic E-state index is 6.12. The fraction of sp³-hybridized carbons (Fsp3) is 0.500. The number of thiazole rings is 1. The largest absolute Gasteiger partial charge is 0.380 e. The van der Waals surface area contributed by atoms with Crippen LogP contribution in [0.3, 0.4) is 0 Å². The SMILES string of the molecule is CC(C)CCOCCNc1nc2cccc(Cl)c2s1. The lowest BCUT2D eigenvalue weighted by Crippen LogP contribution is -2.10. The highest BCUT2D eigenvalue weighted by Gasteiger charge is 2.05. The van der Waals surface area contributed by atoms with Crippen molar-refractivity contribution in [1.82, 2.24) is 4.98 Å². The first kappa shape index (κ1) is 14.6. The van der Waals surface area contributed by atoms with Gasteiger partial charge in [0.1, 0.15) is 0 Å². The van der Waals surface area contributed by atoms with Gasteiger partial charge in [0.05, 0.1) is 21.8 Å². The molecule has 0 aliphatic carbocycles. The van der Waals surface area contributed by atoms with E-state index in [-0.39, 0.29) is 0 Å². The summed E-state index contributed by atoms with van der Waals surface area (Å²) in [6.07, 6.45) is 1.11. The van der Waals surface area contributed by atoms with E-state index in [1.165, 1.54) is 0 Å². The lowest BCUT2D eigenvalue weighted by atomic mass is 10.1. The van der Waals surface area contributed by atoms with Crippen molar-refractivity contribution in [2.45, 2.75) is 20.3 Å². The molecule has 3 nitrogen and oxygen atoms in total. The van der Waals surface area contributed by atoms with Gasteiger partial charge in [-0.15, -0.1) is 0 Å². The Morgan fingerprint density at radius 3 is 2.95 bits per heavy atom. The number of fused-ring (bicyclic) bond motifs is 1. The van der Waals surface area contributed by atoms with E-state index in [9.17, 15) is 0 Å². The molecular weight excluding hydrogens is 280 g/mol. The molecule has 2 aromatic rings. The fourth-order valence-corrected chi connectivity index (χ4v) is 2.82. The number of benzene rings is 1. The summed E-state index contributed by atoms with van der Waals surface area (Å²) in [7, 11) is 0. The van der Waals surface area contributed by atoms with Crippen LogP contribution in [0.5, 0.6) is 0 Å². The highest BCUT2D eigenvalue weighted by atomic mass is 35.5. The number of nitrogens with one attached hydrogen (secondary N) is 1. The van der Waals surface area contributed by atoms with Gasteiger partial charge in [-0.2, -0.15) is 0 Å². The Kier molecular flexibility index (Phi) is 5.43. The Balaban J connectivity index is 1.77. The first-order chi connectivity index (χ1) is 9.16. The molecule has 0 fully saturated rings. The van der Waals surface area contributed by atoms with Crippen LogP contribution in [-0.2, 0) is 4.74 Å². The molecule has 1 aromatic heterocycles. The molecule has 0 aliphatic rings. The van der Waals surface area contributed by atoms with Crippen LogP contribution in [0.25, 0.3) is 10.2 Å². The van der Waals surface area contributed by atoms with E-state index in [2.05, 4.69) is 24.1 Å². The monoisotopic (exact) mass is 298 g/mol. The molecule has 0 radical (unpaired) electrons. The molecule has 0 bridgehead atoms. The number of anilines is 1. The van der Waals surface area contributed by atoms with E-state index in [0.717, 1.165) is 39.9 Å². The van der Waals surface area contributed by atoms with Gasteiger partial charge in [-0.1, -0.05) is 42.9 Å². The molecular formula is C14H19ClN2OS. The zero-order chi connectivity index (χ0) is 13.7. The molecule has 19 heavy (non-hydrogen) atoms. The summed E-state index contributed by atoms with van der Waals surface area (Å²) in [4.78, 5) is 4.49. The summed E-state index contributed by atoms with van der Waals surface area (Å²) in [6.45, 7) is 6.70. The van der Waals surface area contributed by atoms with Crippen molar-refractivity contribution in [3.05, 3.63) is 23.2 Å². The number of hydrogen-bond acceptors (Lipinski definition) is 4. The highest BCUT2D eigenvalue weighted by molar-refractivity contribution is 7.22. The van der Waals surface area contributed by atoms with E-state index in [0.29, 0.717) is 12.5 Å². The minimum atomic E-state index is 0.694. The number of hydrogen-bond donors (Lipinski definition) is 1. The molecule has 0 spiro atoms. The number of nitrogens with zero attached hydrogens (tertiary/aromatic N) is 1. The average Bonchev–Trinajstić information content (AvgIpc) is 2.78. The summed E-state index contributed by atoms with van der Waals surface area (Å²) in [6, 6.07) is 5.78. The summed E-state index contributed by atoms with van der Waals surface area (Å²) < 4.78 is 6.59. The summed E-state index contributed by atoms with van der Waals surface area (Å²) >= 11 is 7.70. The number of halogens is 1. The zero-order valence-corrected chi connectivity index (χ0v) is 12.9. The molecule has 0 unspecified atom stereocenters. The predicted octanol–water partition coefficient (Wildman–Crippen LogP) is 4.42. The summed E-state index contributed by atoms with van der Waals surface area (Å²) in [5.41, 5.74) is 0.945. The topological polar surface area (TPSA) is 34.1 Å². The number of rotatable bonds is 7.